The van der Waals surface area contributed by atoms with Gasteiger partial charge in [-0.3, -0.25) is 4.98 Å². The molecule has 1 aromatic rings. The molecule has 0 amide bonds. The highest BCUT2D eigenvalue weighted by atomic mass is 15.2. The summed E-state index contributed by atoms with van der Waals surface area (Å²) in [5.74, 6) is 0.887. The first kappa shape index (κ1) is 11.6. The maximum Gasteiger partial charge on any atom is 0.0312 e. The van der Waals surface area contributed by atoms with Gasteiger partial charge in [0.2, 0.25) is 0 Å². The van der Waals surface area contributed by atoms with E-state index in [1.807, 2.05) is 18.5 Å². The lowest BCUT2D eigenvalue weighted by molar-refractivity contribution is 0.325. The summed E-state index contributed by atoms with van der Waals surface area (Å²) in [4.78, 5) is 6.64. The van der Waals surface area contributed by atoms with Gasteiger partial charge in [0.25, 0.3) is 0 Å². The van der Waals surface area contributed by atoms with Crippen LogP contribution in [-0.4, -0.2) is 36.1 Å². The van der Waals surface area contributed by atoms with Crippen LogP contribution >= 0.6 is 0 Å². The number of pyridine rings is 1. The molecule has 2 rings (SSSR count). The smallest absolute Gasteiger partial charge is 0.0312 e. The SMILES string of the molecule is CC1CCN(CCNCc2cccnc2)C1. The number of hydrogen-bond donors (Lipinski definition) is 1. The number of rotatable bonds is 5. The maximum atomic E-state index is 4.10. The molecule has 1 aromatic heterocycles. The lowest BCUT2D eigenvalue weighted by Crippen LogP contribution is -2.30. The third kappa shape index (κ3) is 3.58. The molecule has 1 fully saturated rings. The number of hydrogen-bond acceptors (Lipinski definition) is 3. The molecule has 3 nitrogen and oxygen atoms in total. The zero-order valence-electron chi connectivity index (χ0n) is 10.0. The minimum atomic E-state index is 0.887. The third-order valence-corrected chi connectivity index (χ3v) is 3.16. The van der Waals surface area contributed by atoms with E-state index in [0.29, 0.717) is 0 Å². The van der Waals surface area contributed by atoms with Gasteiger partial charge < -0.3 is 10.2 Å². The van der Waals surface area contributed by atoms with Crippen LogP contribution in [0.4, 0.5) is 0 Å². The highest BCUT2D eigenvalue weighted by Gasteiger charge is 2.17. The average Bonchev–Trinajstić information content (AvgIpc) is 2.72. The van der Waals surface area contributed by atoms with Gasteiger partial charge in [-0.05, 0) is 30.5 Å². The molecule has 1 atom stereocenters. The third-order valence-electron chi connectivity index (χ3n) is 3.16. The van der Waals surface area contributed by atoms with Gasteiger partial charge in [-0.15, -0.1) is 0 Å². The molecule has 1 aliphatic rings. The minimum Gasteiger partial charge on any atom is -0.311 e. The Labute approximate surface area is 97.9 Å². The molecule has 1 aliphatic heterocycles. The second-order valence-electron chi connectivity index (χ2n) is 4.73. The monoisotopic (exact) mass is 219 g/mol. The van der Waals surface area contributed by atoms with E-state index >= 15 is 0 Å². The summed E-state index contributed by atoms with van der Waals surface area (Å²) in [5.41, 5.74) is 1.26. The van der Waals surface area contributed by atoms with Gasteiger partial charge in [0, 0.05) is 38.6 Å². The van der Waals surface area contributed by atoms with Crippen LogP contribution in [0.3, 0.4) is 0 Å². The number of likely N-dealkylation sites (tertiary alicyclic amines) is 1. The topological polar surface area (TPSA) is 28.2 Å². The summed E-state index contributed by atoms with van der Waals surface area (Å²) in [6.45, 7) is 8.05. The first-order valence-corrected chi connectivity index (χ1v) is 6.16. The predicted octanol–water partition coefficient (Wildman–Crippen LogP) is 1.51. The molecular weight excluding hydrogens is 198 g/mol. The van der Waals surface area contributed by atoms with Crippen molar-refractivity contribution in [2.45, 2.75) is 19.9 Å². The van der Waals surface area contributed by atoms with Crippen molar-refractivity contribution in [1.29, 1.82) is 0 Å². The van der Waals surface area contributed by atoms with E-state index in [4.69, 9.17) is 0 Å². The summed E-state index contributed by atoms with van der Waals surface area (Å²) in [6, 6.07) is 4.09. The van der Waals surface area contributed by atoms with Crippen LogP contribution in [0.1, 0.15) is 18.9 Å². The lowest BCUT2D eigenvalue weighted by Gasteiger charge is -2.15. The Morgan fingerprint density at radius 3 is 3.19 bits per heavy atom. The van der Waals surface area contributed by atoms with Crippen LogP contribution in [0.15, 0.2) is 24.5 Å². The average molecular weight is 219 g/mol. The molecular formula is C13H21N3. The molecule has 16 heavy (non-hydrogen) atoms. The normalized spacial score (nSPS) is 21.4. The molecule has 0 aliphatic carbocycles. The highest BCUT2D eigenvalue weighted by Crippen LogP contribution is 2.13. The van der Waals surface area contributed by atoms with Gasteiger partial charge in [0.05, 0.1) is 0 Å². The van der Waals surface area contributed by atoms with Crippen molar-refractivity contribution in [2.75, 3.05) is 26.2 Å². The van der Waals surface area contributed by atoms with Crippen molar-refractivity contribution in [1.82, 2.24) is 15.2 Å². The molecule has 3 heteroatoms. The molecule has 0 bridgehead atoms. The van der Waals surface area contributed by atoms with Crippen LogP contribution in [0.5, 0.6) is 0 Å². The lowest BCUT2D eigenvalue weighted by atomic mass is 10.2. The van der Waals surface area contributed by atoms with Crippen LogP contribution in [0.2, 0.25) is 0 Å². The largest absolute Gasteiger partial charge is 0.311 e. The van der Waals surface area contributed by atoms with Crippen LogP contribution in [-0.2, 0) is 6.54 Å². The van der Waals surface area contributed by atoms with E-state index in [1.165, 1.54) is 31.6 Å². The highest BCUT2D eigenvalue weighted by molar-refractivity contribution is 5.07. The number of nitrogens with one attached hydrogen (secondary N) is 1. The zero-order valence-corrected chi connectivity index (χ0v) is 10.0. The molecule has 0 aromatic carbocycles. The number of nitrogens with zero attached hydrogens (tertiary/aromatic N) is 2. The van der Waals surface area contributed by atoms with E-state index < -0.39 is 0 Å². The summed E-state index contributed by atoms with van der Waals surface area (Å²) in [5, 5.41) is 3.46. The first-order chi connectivity index (χ1) is 7.84. The first-order valence-electron chi connectivity index (χ1n) is 6.16. The predicted molar refractivity (Wildman–Crippen MR) is 66.2 cm³/mol. The molecule has 1 N–H and O–H groups in total. The molecule has 0 saturated carbocycles. The fourth-order valence-electron chi connectivity index (χ4n) is 2.20. The Morgan fingerprint density at radius 2 is 2.50 bits per heavy atom. The van der Waals surface area contributed by atoms with Gasteiger partial charge in [0.15, 0.2) is 0 Å². The second-order valence-corrected chi connectivity index (χ2v) is 4.73. The van der Waals surface area contributed by atoms with Crippen LogP contribution in [0, 0.1) is 5.92 Å². The molecule has 1 unspecified atom stereocenters. The van der Waals surface area contributed by atoms with Crippen molar-refractivity contribution in [3.8, 4) is 0 Å². The Kier molecular flexibility index (Phi) is 4.31. The van der Waals surface area contributed by atoms with E-state index in [0.717, 1.165) is 19.0 Å². The van der Waals surface area contributed by atoms with Gasteiger partial charge in [-0.25, -0.2) is 0 Å². The van der Waals surface area contributed by atoms with Crippen molar-refractivity contribution >= 4 is 0 Å². The standard InChI is InChI=1S/C13H21N3/c1-12-4-7-16(11-12)8-6-15-10-13-3-2-5-14-9-13/h2-3,5,9,12,15H,4,6-8,10-11H2,1H3. The van der Waals surface area contributed by atoms with Gasteiger partial charge in [0.1, 0.15) is 0 Å². The Morgan fingerprint density at radius 1 is 1.56 bits per heavy atom. The fourth-order valence-corrected chi connectivity index (χ4v) is 2.20. The van der Waals surface area contributed by atoms with Crippen LogP contribution in [0.25, 0.3) is 0 Å². The summed E-state index contributed by atoms with van der Waals surface area (Å²) in [6.07, 6.45) is 5.10. The fraction of sp³-hybridized carbons (Fsp3) is 0.615. The van der Waals surface area contributed by atoms with Gasteiger partial charge >= 0.3 is 0 Å². The van der Waals surface area contributed by atoms with Crippen molar-refractivity contribution in [3.05, 3.63) is 30.1 Å². The zero-order chi connectivity index (χ0) is 11.2. The Bertz CT molecular complexity index is 299. The molecule has 88 valence electrons. The summed E-state index contributed by atoms with van der Waals surface area (Å²) < 4.78 is 0. The molecule has 0 spiro atoms. The molecule has 1 saturated heterocycles. The quantitative estimate of drug-likeness (QED) is 0.761. The summed E-state index contributed by atoms with van der Waals surface area (Å²) >= 11 is 0. The summed E-state index contributed by atoms with van der Waals surface area (Å²) in [7, 11) is 0. The van der Waals surface area contributed by atoms with E-state index in [-0.39, 0.29) is 0 Å². The number of aromatic nitrogens is 1. The maximum absolute atomic E-state index is 4.10. The van der Waals surface area contributed by atoms with E-state index in [1.54, 1.807) is 0 Å². The second kappa shape index (κ2) is 5.97. The Balaban J connectivity index is 1.59. The molecule has 2 heterocycles. The van der Waals surface area contributed by atoms with Crippen molar-refractivity contribution in [2.24, 2.45) is 5.92 Å². The molecule has 0 radical (unpaired) electrons. The van der Waals surface area contributed by atoms with Gasteiger partial charge in [-0.1, -0.05) is 13.0 Å². The van der Waals surface area contributed by atoms with Crippen LogP contribution < -0.4 is 5.32 Å². The Hall–Kier alpha value is -0.930. The van der Waals surface area contributed by atoms with E-state index in [2.05, 4.69) is 28.2 Å². The van der Waals surface area contributed by atoms with E-state index in [9.17, 15) is 0 Å². The van der Waals surface area contributed by atoms with Gasteiger partial charge in [-0.2, -0.15) is 0 Å². The minimum absolute atomic E-state index is 0.887. The van der Waals surface area contributed by atoms with Crippen molar-refractivity contribution in [3.63, 3.8) is 0 Å². The van der Waals surface area contributed by atoms with Crippen molar-refractivity contribution < 1.29 is 0 Å².